The number of nitrogens with one attached hydrogen (secondary N) is 1. The van der Waals surface area contributed by atoms with Gasteiger partial charge in [0, 0.05) is 30.7 Å². The number of benzene rings is 3. The van der Waals surface area contributed by atoms with Crippen LogP contribution in [0.2, 0.25) is 5.02 Å². The highest BCUT2D eigenvalue weighted by atomic mass is 35.5. The first-order valence-corrected chi connectivity index (χ1v) is 12.1. The van der Waals surface area contributed by atoms with Gasteiger partial charge in [-0.05, 0) is 54.8 Å². The summed E-state index contributed by atoms with van der Waals surface area (Å²) in [6, 6.07) is 24.3. The predicted molar refractivity (Wildman–Crippen MR) is 136 cm³/mol. The molecule has 5 rings (SSSR count). The Labute approximate surface area is 209 Å². The fourth-order valence-electron chi connectivity index (χ4n) is 5.36. The minimum Gasteiger partial charge on any atom is -0.339 e. The molecule has 0 bridgehead atoms. The molecule has 2 fully saturated rings. The van der Waals surface area contributed by atoms with Gasteiger partial charge in [-0.1, -0.05) is 54.1 Å². The van der Waals surface area contributed by atoms with E-state index in [0.29, 0.717) is 42.2 Å². The van der Waals surface area contributed by atoms with Crippen LogP contribution in [0.4, 0.5) is 11.4 Å². The van der Waals surface area contributed by atoms with Crippen LogP contribution in [-0.4, -0.2) is 35.7 Å². The van der Waals surface area contributed by atoms with Crippen LogP contribution in [0.1, 0.15) is 41.7 Å². The molecule has 1 spiro atoms. The number of hydrogen-bond acceptors (Lipinski definition) is 3. The average molecular weight is 488 g/mol. The predicted octanol–water partition coefficient (Wildman–Crippen LogP) is 5.31. The number of likely N-dealkylation sites (tertiary alicyclic amines) is 1. The first kappa shape index (κ1) is 23.1. The number of halogens is 1. The molecule has 2 aliphatic rings. The van der Waals surface area contributed by atoms with Crippen molar-refractivity contribution in [3.8, 4) is 0 Å². The number of nitrogens with zero attached hydrogens (tertiary/aromatic N) is 2. The van der Waals surface area contributed by atoms with Gasteiger partial charge >= 0.3 is 0 Å². The Morgan fingerprint density at radius 2 is 1.54 bits per heavy atom. The van der Waals surface area contributed by atoms with Gasteiger partial charge in [-0.25, -0.2) is 0 Å². The van der Waals surface area contributed by atoms with E-state index in [4.69, 9.17) is 11.6 Å². The van der Waals surface area contributed by atoms with E-state index >= 15 is 0 Å². The van der Waals surface area contributed by atoms with Crippen molar-refractivity contribution in [1.82, 2.24) is 4.90 Å². The lowest BCUT2D eigenvalue weighted by Crippen LogP contribution is -2.67. The van der Waals surface area contributed by atoms with Gasteiger partial charge in [0.15, 0.2) is 0 Å². The standard InChI is InChI=1S/C28H26ClN3O3/c1-19(33)30-24-10-6-5-9-23(24)26(34)31-17-15-28(16-18-31)25(20-11-13-21(29)14-12-20)32(27(28)35)22-7-3-2-4-8-22/h2-14,25H,15-18H2,1H3,(H,30,33). The lowest BCUT2D eigenvalue weighted by Gasteiger charge is -2.59. The van der Waals surface area contributed by atoms with Crippen LogP contribution in [0.3, 0.4) is 0 Å². The first-order chi connectivity index (χ1) is 16.9. The molecule has 6 nitrogen and oxygen atoms in total. The van der Waals surface area contributed by atoms with Crippen LogP contribution in [0.25, 0.3) is 0 Å². The average Bonchev–Trinajstić information content (AvgIpc) is 2.88. The second-order valence-corrected chi connectivity index (χ2v) is 9.58. The smallest absolute Gasteiger partial charge is 0.255 e. The molecule has 0 radical (unpaired) electrons. The topological polar surface area (TPSA) is 69.7 Å². The Morgan fingerprint density at radius 3 is 2.20 bits per heavy atom. The maximum atomic E-state index is 13.7. The summed E-state index contributed by atoms with van der Waals surface area (Å²) in [6.45, 7) is 2.35. The number of carbonyl (C=O) groups excluding carboxylic acids is 3. The molecule has 2 aliphatic heterocycles. The summed E-state index contributed by atoms with van der Waals surface area (Å²) < 4.78 is 0. The molecule has 0 saturated carbocycles. The second kappa shape index (κ2) is 9.19. The minimum atomic E-state index is -0.572. The van der Waals surface area contributed by atoms with E-state index in [1.54, 1.807) is 29.2 Å². The molecular formula is C28H26ClN3O3. The van der Waals surface area contributed by atoms with Gasteiger partial charge in [0.05, 0.1) is 22.7 Å². The summed E-state index contributed by atoms with van der Waals surface area (Å²) in [5, 5.41) is 3.39. The third kappa shape index (κ3) is 4.08. The molecule has 1 atom stereocenters. The molecule has 3 amide bonds. The van der Waals surface area contributed by atoms with Crippen molar-refractivity contribution >= 4 is 40.7 Å². The van der Waals surface area contributed by atoms with Crippen LogP contribution in [0, 0.1) is 5.41 Å². The molecule has 2 heterocycles. The van der Waals surface area contributed by atoms with Crippen molar-refractivity contribution in [1.29, 1.82) is 0 Å². The van der Waals surface area contributed by atoms with Crippen molar-refractivity contribution < 1.29 is 14.4 Å². The van der Waals surface area contributed by atoms with Crippen molar-refractivity contribution in [3.05, 3.63) is 95.0 Å². The van der Waals surface area contributed by atoms with E-state index < -0.39 is 5.41 Å². The number of amides is 3. The molecular weight excluding hydrogens is 462 g/mol. The SMILES string of the molecule is CC(=O)Nc1ccccc1C(=O)N1CCC2(CC1)C(=O)N(c1ccccc1)C2c1ccc(Cl)cc1. The zero-order valence-electron chi connectivity index (χ0n) is 19.4. The molecule has 178 valence electrons. The summed E-state index contributed by atoms with van der Waals surface area (Å²) in [4.78, 5) is 42.2. The lowest BCUT2D eigenvalue weighted by atomic mass is 9.62. The van der Waals surface area contributed by atoms with E-state index in [-0.39, 0.29) is 23.8 Å². The zero-order chi connectivity index (χ0) is 24.6. The molecule has 1 unspecified atom stereocenters. The molecule has 1 N–H and O–H groups in total. The maximum absolute atomic E-state index is 13.7. The highest BCUT2D eigenvalue weighted by Crippen LogP contribution is 2.57. The van der Waals surface area contributed by atoms with Crippen LogP contribution in [-0.2, 0) is 9.59 Å². The molecule has 3 aromatic rings. The number of carbonyl (C=O) groups is 3. The monoisotopic (exact) mass is 487 g/mol. The summed E-state index contributed by atoms with van der Waals surface area (Å²) in [6.07, 6.45) is 1.13. The lowest BCUT2D eigenvalue weighted by molar-refractivity contribution is -0.144. The van der Waals surface area contributed by atoms with Gasteiger partial charge < -0.3 is 15.1 Å². The van der Waals surface area contributed by atoms with Gasteiger partial charge in [-0.2, -0.15) is 0 Å². The molecule has 0 aromatic heterocycles. The van der Waals surface area contributed by atoms with Gasteiger partial charge in [-0.3, -0.25) is 14.4 Å². The Bertz CT molecular complexity index is 1270. The zero-order valence-corrected chi connectivity index (χ0v) is 20.2. The first-order valence-electron chi connectivity index (χ1n) is 11.7. The third-order valence-electron chi connectivity index (χ3n) is 7.06. The Balaban J connectivity index is 1.41. The fourth-order valence-corrected chi connectivity index (χ4v) is 5.48. The normalized spacial score (nSPS) is 18.8. The third-order valence-corrected chi connectivity index (χ3v) is 7.31. The van der Waals surface area contributed by atoms with Gasteiger partial charge in [0.25, 0.3) is 5.91 Å². The van der Waals surface area contributed by atoms with E-state index in [1.165, 1.54) is 6.92 Å². The van der Waals surface area contributed by atoms with Crippen LogP contribution >= 0.6 is 11.6 Å². The Kier molecular flexibility index (Phi) is 6.07. The molecule has 2 saturated heterocycles. The second-order valence-electron chi connectivity index (χ2n) is 9.14. The van der Waals surface area contributed by atoms with Crippen LogP contribution < -0.4 is 10.2 Å². The Morgan fingerprint density at radius 1 is 0.914 bits per heavy atom. The Hall–Kier alpha value is -3.64. The van der Waals surface area contributed by atoms with Crippen molar-refractivity contribution in [2.45, 2.75) is 25.8 Å². The largest absolute Gasteiger partial charge is 0.339 e. The molecule has 7 heteroatoms. The number of para-hydroxylation sites is 2. The maximum Gasteiger partial charge on any atom is 0.255 e. The van der Waals surface area contributed by atoms with E-state index in [9.17, 15) is 14.4 Å². The highest BCUT2D eigenvalue weighted by Gasteiger charge is 2.62. The summed E-state index contributed by atoms with van der Waals surface area (Å²) in [5.74, 6) is -0.275. The highest BCUT2D eigenvalue weighted by molar-refractivity contribution is 6.30. The quantitative estimate of drug-likeness (QED) is 0.507. The van der Waals surface area contributed by atoms with Gasteiger partial charge in [0.2, 0.25) is 11.8 Å². The van der Waals surface area contributed by atoms with Crippen molar-refractivity contribution in [3.63, 3.8) is 0 Å². The number of rotatable bonds is 4. The van der Waals surface area contributed by atoms with Gasteiger partial charge in [-0.15, -0.1) is 0 Å². The fraction of sp³-hybridized carbons (Fsp3) is 0.250. The van der Waals surface area contributed by atoms with Gasteiger partial charge in [0.1, 0.15) is 0 Å². The van der Waals surface area contributed by atoms with Crippen molar-refractivity contribution in [2.75, 3.05) is 23.3 Å². The van der Waals surface area contributed by atoms with Crippen LogP contribution in [0.5, 0.6) is 0 Å². The molecule has 3 aromatic carbocycles. The van der Waals surface area contributed by atoms with E-state index in [1.807, 2.05) is 59.5 Å². The number of anilines is 2. The molecule has 0 aliphatic carbocycles. The summed E-state index contributed by atoms with van der Waals surface area (Å²) in [7, 11) is 0. The van der Waals surface area contributed by atoms with E-state index in [0.717, 1.165) is 11.3 Å². The minimum absolute atomic E-state index is 0.0920. The summed E-state index contributed by atoms with van der Waals surface area (Å²) >= 11 is 6.14. The molecule has 35 heavy (non-hydrogen) atoms. The number of piperidine rings is 1. The number of hydrogen-bond donors (Lipinski definition) is 1. The van der Waals surface area contributed by atoms with Crippen LogP contribution in [0.15, 0.2) is 78.9 Å². The van der Waals surface area contributed by atoms with Crippen molar-refractivity contribution in [2.24, 2.45) is 5.41 Å². The summed E-state index contributed by atoms with van der Waals surface area (Å²) in [5.41, 5.74) is 2.29. The number of β-lactam (4-membered cyclic amide) rings is 1. The van der Waals surface area contributed by atoms with E-state index in [2.05, 4.69) is 5.32 Å².